The third-order valence-electron chi connectivity index (χ3n) is 4.11. The van der Waals surface area contributed by atoms with Crippen molar-refractivity contribution < 1.29 is 13.9 Å². The molecule has 0 saturated carbocycles. The number of fused-ring (bicyclic) bond motifs is 1. The highest BCUT2D eigenvalue weighted by atomic mass is 16.5. The number of aromatic nitrogens is 4. The van der Waals surface area contributed by atoms with Gasteiger partial charge in [-0.15, -0.1) is 0 Å². The van der Waals surface area contributed by atoms with Crippen molar-refractivity contribution in [2.24, 2.45) is 0 Å². The number of hydrogen-bond donors (Lipinski definition) is 1. The summed E-state index contributed by atoms with van der Waals surface area (Å²) in [4.78, 5) is 20.3. The first-order valence-corrected chi connectivity index (χ1v) is 8.27. The van der Waals surface area contributed by atoms with Crippen molar-refractivity contribution in [1.29, 1.82) is 0 Å². The summed E-state index contributed by atoms with van der Waals surface area (Å²) in [6.07, 6.45) is 4.91. The molecule has 0 bridgehead atoms. The fourth-order valence-electron chi connectivity index (χ4n) is 2.86. The number of methoxy groups -OCH3 is 1. The number of nitrogens with zero attached hydrogens (tertiary/aromatic N) is 4. The first-order chi connectivity index (χ1) is 13.0. The van der Waals surface area contributed by atoms with Gasteiger partial charge in [0.25, 0.3) is 0 Å². The Morgan fingerprint density at radius 1 is 1.30 bits per heavy atom. The Kier molecular flexibility index (Phi) is 4.08. The molecule has 1 N–H and O–H groups in total. The number of nitrogens with one attached hydrogen (secondary N) is 1. The molecule has 0 saturated heterocycles. The van der Waals surface area contributed by atoms with Gasteiger partial charge in [0.2, 0.25) is 5.91 Å². The molecule has 0 aliphatic rings. The van der Waals surface area contributed by atoms with Gasteiger partial charge in [-0.2, -0.15) is 5.10 Å². The lowest BCUT2D eigenvalue weighted by molar-refractivity contribution is -0.114. The monoisotopic (exact) mass is 363 g/mol. The van der Waals surface area contributed by atoms with E-state index < -0.39 is 0 Å². The van der Waals surface area contributed by atoms with Gasteiger partial charge in [0.1, 0.15) is 11.6 Å². The number of carbonyl (C=O) groups is 1. The van der Waals surface area contributed by atoms with Crippen LogP contribution < -0.4 is 10.1 Å². The summed E-state index contributed by atoms with van der Waals surface area (Å²) in [5.41, 5.74) is 3.13. The van der Waals surface area contributed by atoms with Gasteiger partial charge in [-0.3, -0.25) is 4.79 Å². The zero-order valence-corrected chi connectivity index (χ0v) is 15.1. The number of pyridine rings is 2. The molecule has 27 heavy (non-hydrogen) atoms. The van der Waals surface area contributed by atoms with Gasteiger partial charge < -0.3 is 14.5 Å². The third-order valence-corrected chi connectivity index (χ3v) is 4.11. The molecule has 4 heterocycles. The van der Waals surface area contributed by atoms with Crippen LogP contribution in [0.5, 0.6) is 5.75 Å². The lowest BCUT2D eigenvalue weighted by Crippen LogP contribution is -2.07. The van der Waals surface area contributed by atoms with E-state index in [-0.39, 0.29) is 5.91 Å². The first-order valence-electron chi connectivity index (χ1n) is 8.27. The summed E-state index contributed by atoms with van der Waals surface area (Å²) < 4.78 is 12.3. The zero-order chi connectivity index (χ0) is 19.0. The van der Waals surface area contributed by atoms with Crippen LogP contribution in [-0.2, 0) is 4.79 Å². The molecule has 0 unspecified atom stereocenters. The van der Waals surface area contributed by atoms with Crippen LogP contribution in [0.4, 0.5) is 5.82 Å². The van der Waals surface area contributed by atoms with E-state index in [0.717, 1.165) is 22.2 Å². The smallest absolute Gasteiger partial charge is 0.222 e. The van der Waals surface area contributed by atoms with E-state index in [4.69, 9.17) is 14.1 Å². The molecule has 1 amide bonds. The maximum Gasteiger partial charge on any atom is 0.222 e. The molecule has 4 aromatic heterocycles. The maximum absolute atomic E-state index is 11.4. The highest BCUT2D eigenvalue weighted by Gasteiger charge is 2.15. The molecule has 0 radical (unpaired) electrons. The van der Waals surface area contributed by atoms with E-state index in [1.165, 1.54) is 6.92 Å². The molecule has 4 rings (SSSR count). The topological polar surface area (TPSA) is 95.1 Å². The van der Waals surface area contributed by atoms with Crippen molar-refractivity contribution in [3.8, 4) is 22.8 Å². The van der Waals surface area contributed by atoms with Gasteiger partial charge in [-0.05, 0) is 13.0 Å². The molecule has 0 spiro atoms. The predicted molar refractivity (Wildman–Crippen MR) is 100.0 cm³/mol. The largest absolute Gasteiger partial charge is 0.497 e. The summed E-state index contributed by atoms with van der Waals surface area (Å²) in [6.45, 7) is 3.34. The number of carbonyl (C=O) groups excluding carboxylic acids is 1. The third kappa shape index (κ3) is 3.12. The van der Waals surface area contributed by atoms with Crippen LogP contribution in [-0.4, -0.2) is 32.8 Å². The molecule has 0 atom stereocenters. The van der Waals surface area contributed by atoms with E-state index in [9.17, 15) is 4.79 Å². The lowest BCUT2D eigenvalue weighted by Gasteiger charge is -2.09. The van der Waals surface area contributed by atoms with Crippen LogP contribution in [0.25, 0.3) is 28.0 Å². The Morgan fingerprint density at radius 2 is 2.15 bits per heavy atom. The quantitative estimate of drug-likeness (QED) is 0.597. The number of hydrogen-bond acceptors (Lipinski definition) is 6. The Balaban J connectivity index is 1.91. The summed E-state index contributed by atoms with van der Waals surface area (Å²) in [5, 5.41) is 8.17. The Morgan fingerprint density at radius 3 is 2.85 bits per heavy atom. The minimum Gasteiger partial charge on any atom is -0.497 e. The second kappa shape index (κ2) is 6.56. The molecular weight excluding hydrogens is 346 g/mol. The molecule has 0 fully saturated rings. The second-order valence-electron chi connectivity index (χ2n) is 6.03. The molecule has 0 aliphatic heterocycles. The fourth-order valence-corrected chi connectivity index (χ4v) is 2.86. The van der Waals surface area contributed by atoms with Crippen LogP contribution in [0.1, 0.15) is 12.6 Å². The molecule has 0 aliphatic carbocycles. The number of anilines is 1. The predicted octanol–water partition coefficient (Wildman–Crippen LogP) is 3.35. The molecule has 4 aromatic rings. The van der Waals surface area contributed by atoms with E-state index in [1.54, 1.807) is 42.6 Å². The van der Waals surface area contributed by atoms with Crippen LogP contribution in [0.15, 0.2) is 47.4 Å². The second-order valence-corrected chi connectivity index (χ2v) is 6.03. The minimum absolute atomic E-state index is 0.189. The zero-order valence-electron chi connectivity index (χ0n) is 15.1. The minimum atomic E-state index is -0.189. The van der Waals surface area contributed by atoms with Crippen LogP contribution in [0, 0.1) is 6.92 Å². The van der Waals surface area contributed by atoms with Gasteiger partial charge in [-0.25, -0.2) is 14.6 Å². The normalized spacial score (nSPS) is 10.9. The molecule has 0 aromatic carbocycles. The number of ether oxygens (including phenoxy) is 1. The Hall–Kier alpha value is -3.68. The van der Waals surface area contributed by atoms with Gasteiger partial charge in [-0.1, -0.05) is 0 Å². The van der Waals surface area contributed by atoms with E-state index in [1.807, 2.05) is 19.1 Å². The Labute approximate surface area is 154 Å². The number of furan rings is 1. The number of amides is 1. The summed E-state index contributed by atoms with van der Waals surface area (Å²) in [7, 11) is 1.60. The highest BCUT2D eigenvalue weighted by Crippen LogP contribution is 2.28. The molecule has 136 valence electrons. The van der Waals surface area contributed by atoms with Crippen LogP contribution >= 0.6 is 0 Å². The fraction of sp³-hybridized carbons (Fsp3) is 0.158. The van der Waals surface area contributed by atoms with Crippen molar-refractivity contribution >= 4 is 22.6 Å². The summed E-state index contributed by atoms with van der Waals surface area (Å²) in [5.74, 6) is 1.50. The van der Waals surface area contributed by atoms with E-state index in [2.05, 4.69) is 15.4 Å². The molecular formula is C19H17N5O3. The van der Waals surface area contributed by atoms with Crippen LogP contribution in [0.3, 0.4) is 0 Å². The lowest BCUT2D eigenvalue weighted by atomic mass is 10.2. The van der Waals surface area contributed by atoms with Gasteiger partial charge in [0.05, 0.1) is 36.5 Å². The van der Waals surface area contributed by atoms with Crippen molar-refractivity contribution in [2.45, 2.75) is 13.8 Å². The van der Waals surface area contributed by atoms with Crippen molar-refractivity contribution in [2.75, 3.05) is 12.4 Å². The van der Waals surface area contributed by atoms with Crippen molar-refractivity contribution in [1.82, 2.24) is 19.7 Å². The van der Waals surface area contributed by atoms with E-state index in [0.29, 0.717) is 23.1 Å². The maximum atomic E-state index is 11.4. The number of rotatable bonds is 4. The SMILES string of the molecule is COc1cc(-c2ccoc2)nc(-n2nc(C)c3cnc(NC(C)=O)cc32)c1. The number of aryl methyl sites for hydroxylation is 1. The average Bonchev–Trinajstić information content (AvgIpc) is 3.29. The van der Waals surface area contributed by atoms with Crippen molar-refractivity contribution in [3.63, 3.8) is 0 Å². The summed E-state index contributed by atoms with van der Waals surface area (Å²) in [6, 6.07) is 7.23. The molecule has 8 heteroatoms. The van der Waals surface area contributed by atoms with Gasteiger partial charge in [0.15, 0.2) is 5.82 Å². The Bertz CT molecular complexity index is 1130. The van der Waals surface area contributed by atoms with Crippen molar-refractivity contribution in [3.05, 3.63) is 48.7 Å². The summed E-state index contributed by atoms with van der Waals surface area (Å²) >= 11 is 0. The highest BCUT2D eigenvalue weighted by molar-refractivity contribution is 5.91. The average molecular weight is 363 g/mol. The van der Waals surface area contributed by atoms with Gasteiger partial charge >= 0.3 is 0 Å². The van der Waals surface area contributed by atoms with Crippen LogP contribution in [0.2, 0.25) is 0 Å². The first kappa shape index (κ1) is 16.8. The standard InChI is InChI=1S/C19H17N5O3/c1-11-15-9-20-18(21-12(2)25)8-17(15)24(23-11)19-7-14(26-3)6-16(22-19)13-4-5-27-10-13/h4-10H,1-3H3,(H,20,21,25). The van der Waals surface area contributed by atoms with E-state index >= 15 is 0 Å². The van der Waals surface area contributed by atoms with Gasteiger partial charge in [0, 0.05) is 42.3 Å². The molecule has 8 nitrogen and oxygen atoms in total.